The van der Waals surface area contributed by atoms with E-state index in [1.54, 1.807) is 13.0 Å². The Balaban J connectivity index is 2.06. The highest BCUT2D eigenvalue weighted by molar-refractivity contribution is 5.94. The molecular formula is C17H17F2NO2. The molecule has 116 valence electrons. The van der Waals surface area contributed by atoms with E-state index in [4.69, 9.17) is 4.74 Å². The average Bonchev–Trinajstić information content (AvgIpc) is 2.47. The Bertz CT molecular complexity index is 701. The minimum Gasteiger partial charge on any atom is -0.481 e. The highest BCUT2D eigenvalue weighted by atomic mass is 19.2. The molecular weight excluding hydrogens is 288 g/mol. The van der Waals surface area contributed by atoms with E-state index in [0.717, 1.165) is 23.3 Å². The van der Waals surface area contributed by atoms with Gasteiger partial charge in [0, 0.05) is 11.8 Å². The summed E-state index contributed by atoms with van der Waals surface area (Å²) in [6.07, 6.45) is -0.770. The summed E-state index contributed by atoms with van der Waals surface area (Å²) >= 11 is 0. The van der Waals surface area contributed by atoms with E-state index in [0.29, 0.717) is 5.75 Å². The predicted octanol–water partition coefficient (Wildman–Crippen LogP) is 3.99. The number of rotatable bonds is 4. The molecule has 0 radical (unpaired) electrons. The zero-order valence-electron chi connectivity index (χ0n) is 12.6. The molecule has 2 rings (SSSR count). The van der Waals surface area contributed by atoms with Crippen molar-refractivity contribution in [2.45, 2.75) is 26.9 Å². The van der Waals surface area contributed by atoms with E-state index >= 15 is 0 Å². The molecule has 1 unspecified atom stereocenters. The van der Waals surface area contributed by atoms with Gasteiger partial charge in [-0.05, 0) is 50.1 Å². The first kappa shape index (κ1) is 15.9. The molecule has 0 bridgehead atoms. The van der Waals surface area contributed by atoms with Crippen LogP contribution in [0.2, 0.25) is 0 Å². The number of benzene rings is 2. The zero-order valence-corrected chi connectivity index (χ0v) is 12.6. The van der Waals surface area contributed by atoms with E-state index < -0.39 is 23.6 Å². The van der Waals surface area contributed by atoms with E-state index in [1.165, 1.54) is 6.07 Å². The molecule has 5 heteroatoms. The van der Waals surface area contributed by atoms with Gasteiger partial charge in [0.15, 0.2) is 17.7 Å². The second-order valence-corrected chi connectivity index (χ2v) is 5.08. The van der Waals surface area contributed by atoms with Crippen molar-refractivity contribution in [2.75, 3.05) is 5.32 Å². The molecule has 0 fully saturated rings. The number of ether oxygens (including phenoxy) is 1. The summed E-state index contributed by atoms with van der Waals surface area (Å²) in [5.74, 6) is -1.79. The van der Waals surface area contributed by atoms with Crippen LogP contribution in [0.5, 0.6) is 5.75 Å². The van der Waals surface area contributed by atoms with Gasteiger partial charge in [-0.2, -0.15) is 0 Å². The van der Waals surface area contributed by atoms with Crippen molar-refractivity contribution in [2.24, 2.45) is 0 Å². The van der Waals surface area contributed by atoms with Gasteiger partial charge < -0.3 is 10.1 Å². The van der Waals surface area contributed by atoms with Crippen LogP contribution >= 0.6 is 0 Å². The SMILES string of the molecule is Cc1cccc(OC(C)C(=O)Nc2ccc(F)c(F)c2)c1C. The lowest BCUT2D eigenvalue weighted by atomic mass is 10.1. The fraction of sp³-hybridized carbons (Fsp3) is 0.235. The van der Waals surface area contributed by atoms with Crippen molar-refractivity contribution in [1.29, 1.82) is 0 Å². The Kier molecular flexibility index (Phi) is 4.75. The van der Waals surface area contributed by atoms with Crippen LogP contribution in [-0.2, 0) is 4.79 Å². The molecule has 0 saturated heterocycles. The molecule has 2 aromatic carbocycles. The fourth-order valence-electron chi connectivity index (χ4n) is 1.91. The Morgan fingerprint density at radius 3 is 2.55 bits per heavy atom. The number of hydrogen-bond donors (Lipinski definition) is 1. The lowest BCUT2D eigenvalue weighted by molar-refractivity contribution is -0.122. The van der Waals surface area contributed by atoms with Crippen molar-refractivity contribution >= 4 is 11.6 Å². The summed E-state index contributed by atoms with van der Waals surface area (Å²) in [4.78, 5) is 12.1. The van der Waals surface area contributed by atoms with Gasteiger partial charge in [0.2, 0.25) is 0 Å². The van der Waals surface area contributed by atoms with Crippen molar-refractivity contribution in [3.05, 3.63) is 59.2 Å². The summed E-state index contributed by atoms with van der Waals surface area (Å²) in [5, 5.41) is 2.49. The Morgan fingerprint density at radius 1 is 1.14 bits per heavy atom. The number of hydrogen-bond acceptors (Lipinski definition) is 2. The molecule has 1 atom stereocenters. The number of carbonyl (C=O) groups is 1. The van der Waals surface area contributed by atoms with Gasteiger partial charge in [-0.15, -0.1) is 0 Å². The van der Waals surface area contributed by atoms with Crippen molar-refractivity contribution in [3.8, 4) is 5.75 Å². The lowest BCUT2D eigenvalue weighted by Gasteiger charge is -2.17. The van der Waals surface area contributed by atoms with Crippen LogP contribution < -0.4 is 10.1 Å². The summed E-state index contributed by atoms with van der Waals surface area (Å²) < 4.78 is 31.6. The third-order valence-electron chi connectivity index (χ3n) is 3.42. The molecule has 22 heavy (non-hydrogen) atoms. The largest absolute Gasteiger partial charge is 0.481 e. The second kappa shape index (κ2) is 6.56. The van der Waals surface area contributed by atoms with Crippen molar-refractivity contribution in [3.63, 3.8) is 0 Å². The van der Waals surface area contributed by atoms with Crippen LogP contribution in [0, 0.1) is 25.5 Å². The molecule has 0 saturated carbocycles. The molecule has 2 aromatic rings. The smallest absolute Gasteiger partial charge is 0.265 e. The summed E-state index contributed by atoms with van der Waals surface area (Å²) in [7, 11) is 0. The Hall–Kier alpha value is -2.43. The molecule has 0 heterocycles. The standard InChI is InChI=1S/C17H17F2NO2/c1-10-5-4-6-16(11(10)2)22-12(3)17(21)20-13-7-8-14(18)15(19)9-13/h4-9,12H,1-3H3,(H,20,21). The van der Waals surface area contributed by atoms with Crippen molar-refractivity contribution < 1.29 is 18.3 Å². The van der Waals surface area contributed by atoms with Crippen LogP contribution in [0.1, 0.15) is 18.1 Å². The average molecular weight is 305 g/mol. The van der Waals surface area contributed by atoms with Gasteiger partial charge in [-0.25, -0.2) is 8.78 Å². The van der Waals surface area contributed by atoms with E-state index in [1.807, 2.05) is 26.0 Å². The van der Waals surface area contributed by atoms with E-state index in [2.05, 4.69) is 5.32 Å². The van der Waals surface area contributed by atoms with Gasteiger partial charge in [0.1, 0.15) is 5.75 Å². The molecule has 1 N–H and O–H groups in total. The third kappa shape index (κ3) is 3.61. The number of anilines is 1. The van der Waals surface area contributed by atoms with Crippen LogP contribution in [0.3, 0.4) is 0 Å². The first-order valence-electron chi connectivity index (χ1n) is 6.87. The van der Waals surface area contributed by atoms with Gasteiger partial charge in [-0.3, -0.25) is 4.79 Å². The molecule has 0 aromatic heterocycles. The van der Waals surface area contributed by atoms with Crippen molar-refractivity contribution in [1.82, 2.24) is 0 Å². The molecule has 0 aliphatic carbocycles. The predicted molar refractivity (Wildman–Crippen MR) is 81.0 cm³/mol. The van der Waals surface area contributed by atoms with Gasteiger partial charge in [0.25, 0.3) is 5.91 Å². The maximum atomic E-state index is 13.1. The highest BCUT2D eigenvalue weighted by Gasteiger charge is 2.17. The Morgan fingerprint density at radius 2 is 1.86 bits per heavy atom. The molecule has 1 amide bonds. The maximum Gasteiger partial charge on any atom is 0.265 e. The van der Waals surface area contributed by atoms with E-state index in [-0.39, 0.29) is 5.69 Å². The maximum absolute atomic E-state index is 13.1. The molecule has 0 aliphatic heterocycles. The zero-order chi connectivity index (χ0) is 16.3. The topological polar surface area (TPSA) is 38.3 Å². The molecule has 0 spiro atoms. The number of amides is 1. The highest BCUT2D eigenvalue weighted by Crippen LogP contribution is 2.22. The summed E-state index contributed by atoms with van der Waals surface area (Å²) in [6.45, 7) is 5.45. The van der Waals surface area contributed by atoms with Gasteiger partial charge in [0.05, 0.1) is 0 Å². The minimum absolute atomic E-state index is 0.181. The molecule has 0 aliphatic rings. The molecule has 3 nitrogen and oxygen atoms in total. The first-order chi connectivity index (χ1) is 10.4. The number of halogens is 2. The second-order valence-electron chi connectivity index (χ2n) is 5.08. The monoisotopic (exact) mass is 305 g/mol. The van der Waals surface area contributed by atoms with Crippen LogP contribution in [-0.4, -0.2) is 12.0 Å². The van der Waals surface area contributed by atoms with Crippen LogP contribution in [0.15, 0.2) is 36.4 Å². The quantitative estimate of drug-likeness (QED) is 0.927. The number of nitrogens with one attached hydrogen (secondary N) is 1. The van der Waals surface area contributed by atoms with Crippen LogP contribution in [0.4, 0.5) is 14.5 Å². The van der Waals surface area contributed by atoms with Crippen LogP contribution in [0.25, 0.3) is 0 Å². The van der Waals surface area contributed by atoms with Gasteiger partial charge in [-0.1, -0.05) is 12.1 Å². The summed E-state index contributed by atoms with van der Waals surface area (Å²) in [6, 6.07) is 8.76. The first-order valence-corrected chi connectivity index (χ1v) is 6.87. The number of aryl methyl sites for hydroxylation is 1. The minimum atomic E-state index is -1.01. The Labute approximate surface area is 127 Å². The fourth-order valence-corrected chi connectivity index (χ4v) is 1.91. The number of carbonyl (C=O) groups excluding carboxylic acids is 1. The summed E-state index contributed by atoms with van der Waals surface area (Å²) in [5.41, 5.74) is 2.20. The third-order valence-corrected chi connectivity index (χ3v) is 3.42. The normalized spacial score (nSPS) is 11.9. The lowest BCUT2D eigenvalue weighted by Crippen LogP contribution is -2.30. The van der Waals surface area contributed by atoms with E-state index in [9.17, 15) is 13.6 Å². The van der Waals surface area contributed by atoms with Gasteiger partial charge >= 0.3 is 0 Å².